The topological polar surface area (TPSA) is 139 Å². The largest absolute Gasteiger partial charge is 0.365 e. The molecule has 0 saturated carbocycles. The zero-order chi connectivity index (χ0) is 19.8. The van der Waals surface area contributed by atoms with Gasteiger partial charge in [-0.3, -0.25) is 25.0 Å². The van der Waals surface area contributed by atoms with E-state index in [1.807, 2.05) is 0 Å². The van der Waals surface area contributed by atoms with E-state index in [1.165, 1.54) is 48.5 Å². The molecule has 0 aromatic heterocycles. The summed E-state index contributed by atoms with van der Waals surface area (Å²) in [5.74, 6) is -0.650. The summed E-state index contributed by atoms with van der Waals surface area (Å²) >= 11 is 0. The number of nitrogens with zero attached hydrogens (tertiary/aromatic N) is 4. The Hall–Kier alpha value is -3.66. The first-order valence-corrected chi connectivity index (χ1v) is 7.83. The molecule has 1 N–H and O–H groups in total. The molecule has 0 saturated heterocycles. The first-order chi connectivity index (χ1) is 12.7. The normalized spacial score (nSPS) is 18.9. The van der Waals surface area contributed by atoms with E-state index < -0.39 is 21.5 Å². The highest BCUT2D eigenvalue weighted by Gasteiger charge is 2.45. The summed E-state index contributed by atoms with van der Waals surface area (Å²) in [6, 6.07) is 10.1. The minimum absolute atomic E-state index is 0.0313. The van der Waals surface area contributed by atoms with E-state index in [-0.39, 0.29) is 28.9 Å². The van der Waals surface area contributed by atoms with Crippen LogP contribution in [0.5, 0.6) is 0 Å². The lowest BCUT2D eigenvalue weighted by Crippen LogP contribution is -2.43. The highest BCUT2D eigenvalue weighted by Crippen LogP contribution is 2.37. The van der Waals surface area contributed by atoms with Gasteiger partial charge in [0.1, 0.15) is 0 Å². The van der Waals surface area contributed by atoms with Gasteiger partial charge in [0.15, 0.2) is 5.72 Å². The minimum Gasteiger partial charge on any atom is -0.365 e. The standard InChI is InChI=1S/C17H14N4O6/c1-11-10-17(23,13-4-8-15(9-5-13)21(26)27)19(18-11)16(22)12-2-6-14(7-3-12)20(24)25/h2-9,23H,10H2,1H3/t17-/m1/s1. The number of nitro benzene ring substituents is 2. The van der Waals surface area contributed by atoms with Gasteiger partial charge in [0.2, 0.25) is 0 Å². The van der Waals surface area contributed by atoms with Crippen LogP contribution >= 0.6 is 0 Å². The van der Waals surface area contributed by atoms with Crippen LogP contribution in [0, 0.1) is 20.2 Å². The van der Waals surface area contributed by atoms with E-state index in [2.05, 4.69) is 5.10 Å². The van der Waals surface area contributed by atoms with Crippen molar-refractivity contribution >= 4 is 23.0 Å². The molecule has 0 bridgehead atoms. The van der Waals surface area contributed by atoms with Crippen molar-refractivity contribution in [1.29, 1.82) is 0 Å². The molecule has 1 aliphatic heterocycles. The van der Waals surface area contributed by atoms with Gasteiger partial charge in [0.05, 0.1) is 9.85 Å². The second-order valence-corrected chi connectivity index (χ2v) is 6.05. The van der Waals surface area contributed by atoms with Crippen LogP contribution in [0.15, 0.2) is 53.6 Å². The molecule has 138 valence electrons. The molecule has 3 rings (SSSR count). The number of amides is 1. The summed E-state index contributed by atoms with van der Waals surface area (Å²) in [7, 11) is 0. The van der Waals surface area contributed by atoms with Crippen molar-refractivity contribution in [2.75, 3.05) is 0 Å². The highest BCUT2D eigenvalue weighted by molar-refractivity contribution is 5.98. The molecule has 1 aliphatic rings. The SMILES string of the molecule is CC1=NN(C(=O)c2ccc([N+](=O)[O-])cc2)[C@](O)(c2ccc([N+](=O)[O-])cc2)C1. The smallest absolute Gasteiger partial charge is 0.276 e. The lowest BCUT2D eigenvalue weighted by molar-refractivity contribution is -0.385. The zero-order valence-corrected chi connectivity index (χ0v) is 14.1. The van der Waals surface area contributed by atoms with Crippen LogP contribution in [0.4, 0.5) is 11.4 Å². The maximum Gasteiger partial charge on any atom is 0.276 e. The second kappa shape index (κ2) is 6.57. The van der Waals surface area contributed by atoms with E-state index in [0.29, 0.717) is 5.71 Å². The Morgan fingerprint density at radius 3 is 2.00 bits per heavy atom. The van der Waals surface area contributed by atoms with Crippen LogP contribution in [0.2, 0.25) is 0 Å². The molecule has 0 aliphatic carbocycles. The molecule has 0 fully saturated rings. The third-order valence-electron chi connectivity index (χ3n) is 4.18. The summed E-state index contributed by atoms with van der Waals surface area (Å²) in [5, 5.41) is 37.6. The molecule has 1 amide bonds. The molecular weight excluding hydrogens is 356 g/mol. The molecule has 27 heavy (non-hydrogen) atoms. The minimum atomic E-state index is -1.81. The number of hydrazone groups is 1. The summed E-state index contributed by atoms with van der Waals surface area (Å²) < 4.78 is 0. The number of non-ortho nitro benzene ring substituents is 2. The van der Waals surface area contributed by atoms with Crippen LogP contribution in [0.1, 0.15) is 29.3 Å². The van der Waals surface area contributed by atoms with Crippen LogP contribution < -0.4 is 0 Å². The van der Waals surface area contributed by atoms with Gasteiger partial charge >= 0.3 is 0 Å². The average Bonchev–Trinajstić information content (AvgIpc) is 2.96. The van der Waals surface area contributed by atoms with Gasteiger partial charge in [-0.15, -0.1) is 0 Å². The van der Waals surface area contributed by atoms with Crippen molar-refractivity contribution in [2.45, 2.75) is 19.1 Å². The Morgan fingerprint density at radius 1 is 1.04 bits per heavy atom. The highest BCUT2D eigenvalue weighted by atomic mass is 16.6. The first-order valence-electron chi connectivity index (χ1n) is 7.83. The molecule has 0 radical (unpaired) electrons. The van der Waals surface area contributed by atoms with Gasteiger partial charge in [0.25, 0.3) is 17.3 Å². The van der Waals surface area contributed by atoms with Crippen molar-refractivity contribution in [3.63, 3.8) is 0 Å². The van der Waals surface area contributed by atoms with Crippen molar-refractivity contribution in [2.24, 2.45) is 5.10 Å². The lowest BCUT2D eigenvalue weighted by Gasteiger charge is -2.31. The summed E-state index contributed by atoms with van der Waals surface area (Å²) in [6.45, 7) is 1.64. The average molecular weight is 370 g/mol. The number of aliphatic hydroxyl groups is 1. The number of carbonyl (C=O) groups excluding carboxylic acids is 1. The third kappa shape index (κ3) is 3.25. The molecule has 10 heteroatoms. The van der Waals surface area contributed by atoms with Gasteiger partial charge in [0, 0.05) is 47.5 Å². The van der Waals surface area contributed by atoms with Gasteiger partial charge < -0.3 is 5.11 Å². The van der Waals surface area contributed by atoms with Gasteiger partial charge in [-0.2, -0.15) is 10.1 Å². The van der Waals surface area contributed by atoms with E-state index in [9.17, 15) is 30.1 Å². The quantitative estimate of drug-likeness (QED) is 0.648. The Kier molecular flexibility index (Phi) is 4.42. The fraction of sp³-hybridized carbons (Fsp3) is 0.176. The van der Waals surface area contributed by atoms with E-state index in [4.69, 9.17) is 0 Å². The molecule has 0 spiro atoms. The maximum absolute atomic E-state index is 12.8. The molecule has 2 aromatic carbocycles. The Balaban J connectivity index is 1.95. The summed E-state index contributed by atoms with van der Waals surface area (Å²) in [5.41, 5.74) is -1.25. The monoisotopic (exact) mass is 370 g/mol. The number of nitro groups is 2. The first kappa shape index (κ1) is 18.1. The molecule has 10 nitrogen and oxygen atoms in total. The fourth-order valence-electron chi connectivity index (χ4n) is 2.86. The van der Waals surface area contributed by atoms with Crippen molar-refractivity contribution in [3.8, 4) is 0 Å². The second-order valence-electron chi connectivity index (χ2n) is 6.05. The van der Waals surface area contributed by atoms with Gasteiger partial charge in [-0.25, -0.2) is 0 Å². The molecule has 0 unspecified atom stereocenters. The third-order valence-corrected chi connectivity index (χ3v) is 4.18. The van der Waals surface area contributed by atoms with E-state index in [0.717, 1.165) is 5.01 Å². The van der Waals surface area contributed by atoms with Gasteiger partial charge in [-0.05, 0) is 31.2 Å². The lowest BCUT2D eigenvalue weighted by atomic mass is 9.97. The van der Waals surface area contributed by atoms with Crippen molar-refractivity contribution in [3.05, 3.63) is 79.9 Å². The molecule has 2 aromatic rings. The Morgan fingerprint density at radius 2 is 1.52 bits per heavy atom. The predicted molar refractivity (Wildman–Crippen MR) is 94.0 cm³/mol. The van der Waals surface area contributed by atoms with Gasteiger partial charge in [-0.1, -0.05) is 0 Å². The number of benzene rings is 2. The summed E-state index contributed by atoms with van der Waals surface area (Å²) in [4.78, 5) is 33.2. The maximum atomic E-state index is 12.8. The van der Waals surface area contributed by atoms with E-state index >= 15 is 0 Å². The Labute approximate surface area is 152 Å². The zero-order valence-electron chi connectivity index (χ0n) is 14.1. The van der Waals surface area contributed by atoms with Crippen molar-refractivity contribution < 1.29 is 19.7 Å². The summed E-state index contributed by atoms with van der Waals surface area (Å²) in [6.07, 6.45) is 0.0313. The van der Waals surface area contributed by atoms with E-state index in [1.54, 1.807) is 6.92 Å². The van der Waals surface area contributed by atoms with Crippen LogP contribution in [-0.4, -0.2) is 31.6 Å². The fourth-order valence-corrected chi connectivity index (χ4v) is 2.86. The molecule has 1 heterocycles. The van der Waals surface area contributed by atoms with Crippen molar-refractivity contribution in [1.82, 2.24) is 5.01 Å². The number of rotatable bonds is 4. The van der Waals surface area contributed by atoms with Crippen LogP contribution in [0.25, 0.3) is 0 Å². The number of hydrogen-bond acceptors (Lipinski definition) is 7. The Bertz CT molecular complexity index is 954. The predicted octanol–water partition coefficient (Wildman–Crippen LogP) is 2.57. The molecule has 1 atom stereocenters. The van der Waals surface area contributed by atoms with Crippen LogP contribution in [-0.2, 0) is 5.72 Å². The number of carbonyl (C=O) groups is 1. The molecular formula is C17H14N4O6. The van der Waals surface area contributed by atoms with Crippen LogP contribution in [0.3, 0.4) is 0 Å². The number of hydrogen-bond donors (Lipinski definition) is 1.